The van der Waals surface area contributed by atoms with E-state index in [-0.39, 0.29) is 57.6 Å². The Kier molecular flexibility index (Phi) is 18.8. The Balaban J connectivity index is 3.12. The Labute approximate surface area is 269 Å². The zero-order valence-electron chi connectivity index (χ0n) is 26.5. The minimum absolute atomic E-state index is 0.0260. The second-order valence-electron chi connectivity index (χ2n) is 11.3. The third kappa shape index (κ3) is 14.8. The quantitative estimate of drug-likeness (QED) is 0.0290. The van der Waals surface area contributed by atoms with Crippen molar-refractivity contribution in [1.29, 1.82) is 0 Å². The number of carbonyl (C=O) groups excluding carboxylic acids is 5. The largest absolute Gasteiger partial charge is 0.480 e. The summed E-state index contributed by atoms with van der Waals surface area (Å²) in [6.07, 6.45) is 3.59. The number of nitrogens with one attached hydrogen (secondary N) is 3. The van der Waals surface area contributed by atoms with Crippen LogP contribution in [0, 0.1) is 0 Å². The maximum absolute atomic E-state index is 13.6. The highest BCUT2D eigenvalue weighted by Gasteiger charge is 2.38. The van der Waals surface area contributed by atoms with E-state index in [1.54, 1.807) is 0 Å². The van der Waals surface area contributed by atoms with E-state index >= 15 is 0 Å². The van der Waals surface area contributed by atoms with Crippen molar-refractivity contribution in [3.63, 3.8) is 0 Å². The van der Waals surface area contributed by atoms with Crippen molar-refractivity contribution in [3.8, 4) is 0 Å². The summed E-state index contributed by atoms with van der Waals surface area (Å²) in [7, 11) is 0. The summed E-state index contributed by atoms with van der Waals surface area (Å²) in [6, 6.07) is -5.37. The van der Waals surface area contributed by atoms with Crippen LogP contribution in [0.25, 0.3) is 0 Å². The van der Waals surface area contributed by atoms with Crippen LogP contribution in [0.3, 0.4) is 0 Å². The lowest BCUT2D eigenvalue weighted by Crippen LogP contribution is -2.58. The van der Waals surface area contributed by atoms with E-state index in [2.05, 4.69) is 20.9 Å². The lowest BCUT2D eigenvalue weighted by molar-refractivity contribution is -0.142. The molecule has 18 nitrogen and oxygen atoms in total. The third-order valence-electron chi connectivity index (χ3n) is 7.58. The molecule has 1 aliphatic rings. The maximum atomic E-state index is 13.6. The van der Waals surface area contributed by atoms with Gasteiger partial charge in [0.05, 0.1) is 6.04 Å². The zero-order chi connectivity index (χ0) is 34.6. The van der Waals surface area contributed by atoms with Crippen LogP contribution in [0.2, 0.25) is 0 Å². The number of carboxylic acids is 1. The number of likely N-dealkylation sites (tertiary alicyclic amines) is 1. The summed E-state index contributed by atoms with van der Waals surface area (Å²) in [4.78, 5) is 81.4. The van der Waals surface area contributed by atoms with Gasteiger partial charge in [0.2, 0.25) is 29.5 Å². The van der Waals surface area contributed by atoms with E-state index in [1.807, 2.05) is 0 Å². The SMILES string of the molecule is NCCCCC(NC(=O)C(CCCCN)NC(=O)C(CCCN=C(N)N)NC(=O)C1CCCN1C(=O)C(N)CCC(N)=O)C(=O)O. The number of nitrogens with two attached hydrogens (primary N) is 6. The monoisotopic (exact) mass is 655 g/mol. The molecule has 5 amide bonds. The number of nitrogens with zero attached hydrogens (tertiary/aromatic N) is 2. The molecule has 46 heavy (non-hydrogen) atoms. The van der Waals surface area contributed by atoms with Crippen LogP contribution in [0.4, 0.5) is 0 Å². The number of amides is 5. The van der Waals surface area contributed by atoms with Crippen molar-refractivity contribution in [1.82, 2.24) is 20.9 Å². The average Bonchev–Trinajstić information content (AvgIpc) is 3.50. The van der Waals surface area contributed by atoms with Crippen molar-refractivity contribution < 1.29 is 33.9 Å². The van der Waals surface area contributed by atoms with Crippen LogP contribution in [0.1, 0.15) is 77.0 Å². The van der Waals surface area contributed by atoms with Crippen LogP contribution in [0.5, 0.6) is 0 Å². The first-order valence-corrected chi connectivity index (χ1v) is 15.8. The number of hydrogen-bond donors (Lipinski definition) is 10. The van der Waals surface area contributed by atoms with Crippen molar-refractivity contribution >= 4 is 41.5 Å². The second-order valence-corrected chi connectivity index (χ2v) is 11.3. The Bertz CT molecular complexity index is 1050. The summed E-state index contributed by atoms with van der Waals surface area (Å²) in [6.45, 7) is 1.16. The number of hydrogen-bond acceptors (Lipinski definition) is 10. The van der Waals surface area contributed by atoms with Crippen molar-refractivity contribution in [3.05, 3.63) is 0 Å². The van der Waals surface area contributed by atoms with Gasteiger partial charge >= 0.3 is 5.97 Å². The molecule has 0 aromatic heterocycles. The molecule has 0 aliphatic carbocycles. The van der Waals surface area contributed by atoms with E-state index in [9.17, 15) is 33.9 Å². The van der Waals surface area contributed by atoms with Gasteiger partial charge in [0.15, 0.2) is 5.96 Å². The Hall–Kier alpha value is -4.03. The normalized spacial score (nSPS) is 16.8. The molecule has 18 heteroatoms. The molecule has 1 aliphatic heterocycles. The van der Waals surface area contributed by atoms with Crippen LogP contribution < -0.4 is 50.4 Å². The lowest BCUT2D eigenvalue weighted by atomic mass is 10.0. The number of aliphatic imine (C=N–C) groups is 1. The van der Waals surface area contributed by atoms with Crippen molar-refractivity contribution in [2.75, 3.05) is 26.2 Å². The molecular weight excluding hydrogens is 602 g/mol. The van der Waals surface area contributed by atoms with Gasteiger partial charge in [-0.2, -0.15) is 0 Å². The fourth-order valence-corrected chi connectivity index (χ4v) is 5.03. The van der Waals surface area contributed by atoms with Gasteiger partial charge < -0.3 is 60.4 Å². The van der Waals surface area contributed by atoms with Gasteiger partial charge in [-0.1, -0.05) is 0 Å². The second kappa shape index (κ2) is 21.7. The van der Waals surface area contributed by atoms with E-state index in [0.717, 1.165) is 0 Å². The number of carboxylic acid groups (broad SMARTS) is 1. The first kappa shape index (κ1) is 40.0. The fraction of sp³-hybridized carbons (Fsp3) is 0.750. The number of carbonyl (C=O) groups is 6. The van der Waals surface area contributed by atoms with Crippen LogP contribution in [0.15, 0.2) is 4.99 Å². The molecule has 5 unspecified atom stereocenters. The number of rotatable bonds is 23. The van der Waals surface area contributed by atoms with Crippen LogP contribution in [-0.2, 0) is 28.8 Å². The van der Waals surface area contributed by atoms with Crippen LogP contribution >= 0.6 is 0 Å². The zero-order valence-corrected chi connectivity index (χ0v) is 26.5. The Morgan fingerprint density at radius 2 is 1.33 bits per heavy atom. The van der Waals surface area contributed by atoms with Crippen molar-refractivity contribution in [2.45, 2.75) is 107 Å². The Morgan fingerprint density at radius 1 is 0.783 bits per heavy atom. The predicted molar refractivity (Wildman–Crippen MR) is 170 cm³/mol. The number of unbranched alkanes of at least 4 members (excludes halogenated alkanes) is 2. The molecule has 1 saturated heterocycles. The molecule has 0 aromatic carbocycles. The topological polar surface area (TPSA) is 330 Å². The fourth-order valence-electron chi connectivity index (χ4n) is 5.03. The summed E-state index contributed by atoms with van der Waals surface area (Å²) >= 11 is 0. The molecule has 0 radical (unpaired) electrons. The molecule has 16 N–H and O–H groups in total. The van der Waals surface area contributed by atoms with E-state index in [4.69, 9.17) is 34.4 Å². The highest BCUT2D eigenvalue weighted by molar-refractivity contribution is 5.95. The molecule has 1 fully saturated rings. The van der Waals surface area contributed by atoms with Gasteiger partial charge in [-0.05, 0) is 83.7 Å². The van der Waals surface area contributed by atoms with Gasteiger partial charge in [0, 0.05) is 19.5 Å². The minimum Gasteiger partial charge on any atom is -0.480 e. The molecule has 0 saturated carbocycles. The molecule has 0 aromatic rings. The van der Waals surface area contributed by atoms with E-state index in [1.165, 1.54) is 4.90 Å². The van der Waals surface area contributed by atoms with Gasteiger partial charge in [-0.25, -0.2) is 4.79 Å². The van der Waals surface area contributed by atoms with Crippen LogP contribution in [-0.4, -0.2) is 108 Å². The predicted octanol–water partition coefficient (Wildman–Crippen LogP) is -3.58. The first-order valence-electron chi connectivity index (χ1n) is 15.8. The molecule has 0 spiro atoms. The van der Waals surface area contributed by atoms with E-state index in [0.29, 0.717) is 51.6 Å². The maximum Gasteiger partial charge on any atom is 0.326 e. The highest BCUT2D eigenvalue weighted by atomic mass is 16.4. The summed E-state index contributed by atoms with van der Waals surface area (Å²) in [5.74, 6) is -4.44. The first-order chi connectivity index (χ1) is 21.8. The number of aliphatic carboxylic acids is 1. The average molecular weight is 656 g/mol. The molecule has 1 rings (SSSR count). The standard InChI is InChI=1S/C28H53N11O7/c29-13-3-1-7-18(24(42)38-20(27(45)46)8-2-4-14-30)36-23(41)19(9-5-15-35-28(33)34)37-25(43)21-10-6-16-39(21)26(44)17(31)11-12-22(32)40/h17-21H,1-16,29-31H2,(H2,32,40)(H,36,41)(H,37,43)(H,38,42)(H,45,46)(H4,33,34,35). The minimum atomic E-state index is -1.22. The summed E-state index contributed by atoms with van der Waals surface area (Å²) in [5.41, 5.74) is 33.0. The van der Waals surface area contributed by atoms with Gasteiger partial charge in [0.25, 0.3) is 0 Å². The van der Waals surface area contributed by atoms with Gasteiger partial charge in [0.1, 0.15) is 24.2 Å². The molecule has 5 atom stereocenters. The van der Waals surface area contributed by atoms with Gasteiger partial charge in [-0.15, -0.1) is 0 Å². The summed E-state index contributed by atoms with van der Waals surface area (Å²) in [5, 5.41) is 17.5. The molecular formula is C28H53N11O7. The highest BCUT2D eigenvalue weighted by Crippen LogP contribution is 2.20. The smallest absolute Gasteiger partial charge is 0.326 e. The van der Waals surface area contributed by atoms with E-state index < -0.39 is 65.7 Å². The third-order valence-corrected chi connectivity index (χ3v) is 7.58. The lowest BCUT2D eigenvalue weighted by Gasteiger charge is -2.29. The van der Waals surface area contributed by atoms with Gasteiger partial charge in [-0.3, -0.25) is 29.0 Å². The van der Waals surface area contributed by atoms with Crippen molar-refractivity contribution in [2.24, 2.45) is 39.4 Å². The molecule has 1 heterocycles. The molecule has 0 bridgehead atoms. The molecule has 262 valence electrons. The number of guanidine groups is 1. The summed E-state index contributed by atoms with van der Waals surface area (Å²) < 4.78 is 0. The number of primary amides is 1. The Morgan fingerprint density at radius 3 is 1.87 bits per heavy atom.